The Kier molecular flexibility index (Phi) is 4.16. The topological polar surface area (TPSA) is 57.2 Å². The van der Waals surface area contributed by atoms with Gasteiger partial charge in [0.15, 0.2) is 0 Å². The van der Waals surface area contributed by atoms with Gasteiger partial charge in [-0.2, -0.15) is 0 Å². The van der Waals surface area contributed by atoms with Crippen molar-refractivity contribution in [3.8, 4) is 0 Å². The molecule has 15 heavy (non-hydrogen) atoms. The summed E-state index contributed by atoms with van der Waals surface area (Å²) >= 11 is 0. The average molecular weight is 234 g/mol. The fourth-order valence-corrected chi connectivity index (χ4v) is 2.19. The summed E-state index contributed by atoms with van der Waals surface area (Å²) in [6, 6.07) is 0. The summed E-state index contributed by atoms with van der Waals surface area (Å²) in [5.74, 6) is 1.86. The van der Waals surface area contributed by atoms with Gasteiger partial charge >= 0.3 is 0 Å². The summed E-state index contributed by atoms with van der Waals surface area (Å²) in [6.45, 7) is 2.29. The van der Waals surface area contributed by atoms with Gasteiger partial charge in [0, 0.05) is 25.2 Å². The lowest BCUT2D eigenvalue weighted by Crippen LogP contribution is -2.10. The Bertz CT molecular complexity index is 319. The third-order valence-electron chi connectivity index (χ3n) is 3.05. The Morgan fingerprint density at radius 3 is 2.33 bits per heavy atom. The van der Waals surface area contributed by atoms with Gasteiger partial charge in [-0.3, -0.25) is 0 Å². The minimum Gasteiger partial charge on any atom is -0.722 e. The molecule has 0 N–H and O–H groups in total. The molecule has 5 heteroatoms. The van der Waals surface area contributed by atoms with E-state index in [2.05, 4.69) is 19.4 Å². The highest BCUT2D eigenvalue weighted by molar-refractivity contribution is 7.80. The summed E-state index contributed by atoms with van der Waals surface area (Å²) in [5, 5.41) is 0. The van der Waals surface area contributed by atoms with Gasteiger partial charge in [0.2, 0.25) is 0 Å². The second-order valence-corrected chi connectivity index (χ2v) is 4.89. The zero-order chi connectivity index (χ0) is 11.5. The first-order valence-corrected chi connectivity index (χ1v) is 6.34. The molecule has 0 spiro atoms. The van der Waals surface area contributed by atoms with Crippen LogP contribution in [0.3, 0.4) is 0 Å². The molecule has 0 aromatic carbocycles. The van der Waals surface area contributed by atoms with Gasteiger partial charge < -0.3 is 4.55 Å². The van der Waals surface area contributed by atoms with Crippen molar-refractivity contribution in [2.24, 2.45) is 11.8 Å². The first-order chi connectivity index (χ1) is 6.86. The number of hydrogen-bond acceptors (Lipinski definition) is 3. The van der Waals surface area contributed by atoms with Gasteiger partial charge in [0.1, 0.15) is 0 Å². The number of halogens is 1. The van der Waals surface area contributed by atoms with Gasteiger partial charge in [-0.1, -0.05) is 0 Å². The molecule has 0 aliphatic heterocycles. The van der Waals surface area contributed by atoms with E-state index < -0.39 is 10.5 Å². The molecule has 0 aromatic rings. The number of rotatable bonds is 0. The van der Waals surface area contributed by atoms with Gasteiger partial charge in [0.05, 0.1) is 11.6 Å². The van der Waals surface area contributed by atoms with E-state index in [9.17, 15) is 3.89 Å². The van der Waals surface area contributed by atoms with Crippen molar-refractivity contribution in [3.63, 3.8) is 0 Å². The van der Waals surface area contributed by atoms with Crippen molar-refractivity contribution >= 4 is 10.5 Å². The summed E-state index contributed by atoms with van der Waals surface area (Å²) < 4.78 is 35.3. The number of allylic oxidation sites excluding steroid dienone is 2. The molecule has 3 rings (SSSR count). The van der Waals surface area contributed by atoms with Gasteiger partial charge in [-0.15, -0.1) is 3.89 Å². The summed E-state index contributed by atoms with van der Waals surface area (Å²) in [6.07, 6.45) is 10.6. The molecule has 1 saturated carbocycles. The smallest absolute Gasteiger partial charge is 0.255 e. The highest BCUT2D eigenvalue weighted by Crippen LogP contribution is 2.38. The second kappa shape index (κ2) is 4.99. The van der Waals surface area contributed by atoms with Crippen LogP contribution in [0.4, 0.5) is 3.89 Å². The summed E-state index contributed by atoms with van der Waals surface area (Å²) in [5.41, 5.74) is 1.63. The van der Waals surface area contributed by atoms with Crippen LogP contribution >= 0.6 is 0 Å². The fourth-order valence-electron chi connectivity index (χ4n) is 2.19. The average Bonchev–Trinajstić information content (AvgIpc) is 2.37. The van der Waals surface area contributed by atoms with Crippen LogP contribution in [0.1, 0.15) is 32.6 Å². The Labute approximate surface area is 90.4 Å². The lowest BCUT2D eigenvalue weighted by molar-refractivity contribution is 0.347. The molecule has 86 valence electrons. The third-order valence-corrected chi connectivity index (χ3v) is 3.05. The Balaban J connectivity index is 0.000000195. The van der Waals surface area contributed by atoms with E-state index in [1.54, 1.807) is 5.57 Å². The van der Waals surface area contributed by atoms with Crippen molar-refractivity contribution in [1.29, 1.82) is 0 Å². The third kappa shape index (κ3) is 5.18. The molecular formula is C10H15FO3S. The van der Waals surface area contributed by atoms with Crippen LogP contribution in [0.15, 0.2) is 11.6 Å². The largest absolute Gasteiger partial charge is 0.722 e. The predicted octanol–water partition coefficient (Wildman–Crippen LogP) is 2.37. The molecule has 0 unspecified atom stereocenters. The molecule has 1 fully saturated rings. The molecule has 0 amide bonds. The maximum Gasteiger partial charge on any atom is 0.255 e. The van der Waals surface area contributed by atoms with Crippen LogP contribution in [-0.2, 0) is 10.5 Å². The molecule has 0 radical (unpaired) electrons. The van der Waals surface area contributed by atoms with Crippen molar-refractivity contribution in [2.45, 2.75) is 32.6 Å². The van der Waals surface area contributed by atoms with Crippen LogP contribution in [0, 0.1) is 18.3 Å². The lowest BCUT2D eigenvalue weighted by Gasteiger charge is -2.19. The van der Waals surface area contributed by atoms with Crippen LogP contribution in [0.25, 0.3) is 0 Å². The summed E-state index contributed by atoms with van der Waals surface area (Å²) in [4.78, 5) is 0. The van der Waals surface area contributed by atoms with E-state index in [4.69, 9.17) is 13.0 Å². The highest BCUT2D eigenvalue weighted by Gasteiger charge is 2.30. The van der Waals surface area contributed by atoms with Crippen LogP contribution in [0.2, 0.25) is 0 Å². The van der Waals surface area contributed by atoms with E-state index in [1.165, 1.54) is 25.7 Å². The molecular weight excluding hydrogens is 219 g/mol. The molecule has 0 saturated heterocycles. The van der Waals surface area contributed by atoms with Gasteiger partial charge in [0.25, 0.3) is 10.5 Å². The molecule has 0 atom stereocenters. The number of fused-ring (bicyclic) bond motifs is 3. The SMILES string of the molecule is CC1=C[CH+]C2CCC1CC2.O=S(=O)([O-])F. The highest BCUT2D eigenvalue weighted by atomic mass is 32.3. The Hall–Kier alpha value is -0.550. The van der Waals surface area contributed by atoms with Crippen molar-refractivity contribution < 1.29 is 16.9 Å². The van der Waals surface area contributed by atoms with E-state index in [0.717, 1.165) is 11.8 Å². The first-order valence-electron chi connectivity index (χ1n) is 5.03. The van der Waals surface area contributed by atoms with Crippen molar-refractivity contribution in [1.82, 2.24) is 0 Å². The zero-order valence-corrected chi connectivity index (χ0v) is 9.47. The van der Waals surface area contributed by atoms with Crippen molar-refractivity contribution in [2.75, 3.05) is 0 Å². The molecule has 0 aromatic heterocycles. The van der Waals surface area contributed by atoms with E-state index in [0.29, 0.717) is 0 Å². The second-order valence-electron chi connectivity index (χ2n) is 4.11. The Morgan fingerprint density at radius 1 is 1.40 bits per heavy atom. The zero-order valence-electron chi connectivity index (χ0n) is 8.65. The van der Waals surface area contributed by atoms with E-state index >= 15 is 0 Å². The minimum atomic E-state index is -5.42. The summed E-state index contributed by atoms with van der Waals surface area (Å²) in [7, 11) is -5.42. The quantitative estimate of drug-likeness (QED) is 0.367. The number of hydrogen-bond donors (Lipinski definition) is 0. The molecule has 2 bridgehead atoms. The van der Waals surface area contributed by atoms with Crippen LogP contribution < -0.4 is 0 Å². The fraction of sp³-hybridized carbons (Fsp3) is 0.700. The first kappa shape index (κ1) is 12.5. The maximum absolute atomic E-state index is 10.1. The van der Waals surface area contributed by atoms with Gasteiger partial charge in [-0.05, 0) is 25.7 Å². The monoisotopic (exact) mass is 234 g/mol. The van der Waals surface area contributed by atoms with Gasteiger partial charge in [-0.25, -0.2) is 8.42 Å². The molecule has 0 heterocycles. The lowest BCUT2D eigenvalue weighted by atomic mass is 9.82. The minimum absolute atomic E-state index is 0.925. The van der Waals surface area contributed by atoms with Crippen molar-refractivity contribution in [3.05, 3.63) is 18.1 Å². The van der Waals surface area contributed by atoms with Crippen LogP contribution in [0.5, 0.6) is 0 Å². The standard InChI is InChI=1S/C10H15.FHO3S/c1-8-2-3-9-4-6-10(8)7-5-9;1-5(2,3)4/h2-3,9-10H,4-7H2,1H3;(H,2,3,4)/q+1;/p-1. The normalized spacial score (nSPS) is 29.4. The Morgan fingerprint density at radius 2 is 1.87 bits per heavy atom. The maximum atomic E-state index is 10.1. The van der Waals surface area contributed by atoms with E-state index in [1.807, 2.05) is 0 Å². The van der Waals surface area contributed by atoms with E-state index in [-0.39, 0.29) is 0 Å². The predicted molar refractivity (Wildman–Crippen MR) is 54.3 cm³/mol. The molecule has 3 aliphatic rings. The van der Waals surface area contributed by atoms with Crippen LogP contribution in [-0.4, -0.2) is 13.0 Å². The molecule has 3 aliphatic carbocycles. The molecule has 3 nitrogen and oxygen atoms in total.